The second-order valence-corrected chi connectivity index (χ2v) is 5.02. The molecule has 1 amide bonds. The molecule has 1 aromatic carbocycles. The number of rotatable bonds is 5. The van der Waals surface area contributed by atoms with E-state index in [2.05, 4.69) is 20.6 Å². The fourth-order valence-electron chi connectivity index (χ4n) is 2.04. The van der Waals surface area contributed by atoms with Crippen molar-refractivity contribution in [2.24, 2.45) is 0 Å². The predicted octanol–water partition coefficient (Wildman–Crippen LogP) is 1.29. The highest BCUT2D eigenvalue weighted by Gasteiger charge is 2.22. The minimum atomic E-state index is 0.0814. The van der Waals surface area contributed by atoms with Crippen molar-refractivity contribution < 1.29 is 4.79 Å². The molecule has 0 bridgehead atoms. The Morgan fingerprint density at radius 1 is 1.35 bits per heavy atom. The quantitative estimate of drug-likeness (QED) is 0.713. The van der Waals surface area contributed by atoms with Crippen LogP contribution in [-0.2, 0) is 4.79 Å². The predicted molar refractivity (Wildman–Crippen MR) is 78.2 cm³/mol. The molecular formula is C14H17N5O. The maximum absolute atomic E-state index is 11.6. The number of hydrogen-bond donors (Lipinski definition) is 3. The zero-order valence-electron chi connectivity index (χ0n) is 11.1. The van der Waals surface area contributed by atoms with Crippen molar-refractivity contribution in [1.29, 1.82) is 0 Å². The molecular weight excluding hydrogens is 254 g/mol. The summed E-state index contributed by atoms with van der Waals surface area (Å²) in [6.45, 7) is 0.541. The fourth-order valence-corrected chi connectivity index (χ4v) is 2.04. The molecule has 20 heavy (non-hydrogen) atoms. The Morgan fingerprint density at radius 2 is 2.20 bits per heavy atom. The van der Waals surface area contributed by atoms with Gasteiger partial charge in [0.2, 0.25) is 5.91 Å². The average molecular weight is 271 g/mol. The molecule has 4 N–H and O–H groups in total. The van der Waals surface area contributed by atoms with Gasteiger partial charge < -0.3 is 16.4 Å². The summed E-state index contributed by atoms with van der Waals surface area (Å²) in [5, 5.41) is 7.00. The number of fused-ring (bicyclic) bond motifs is 1. The van der Waals surface area contributed by atoms with Crippen molar-refractivity contribution in [2.75, 3.05) is 17.6 Å². The lowest BCUT2D eigenvalue weighted by molar-refractivity contribution is -0.120. The minimum Gasteiger partial charge on any atom is -0.399 e. The van der Waals surface area contributed by atoms with E-state index < -0.39 is 0 Å². The van der Waals surface area contributed by atoms with E-state index >= 15 is 0 Å². The number of aromatic nitrogens is 2. The summed E-state index contributed by atoms with van der Waals surface area (Å²) in [6, 6.07) is 5.91. The highest BCUT2D eigenvalue weighted by atomic mass is 16.1. The van der Waals surface area contributed by atoms with Crippen molar-refractivity contribution >= 4 is 28.3 Å². The molecule has 104 valence electrons. The van der Waals surface area contributed by atoms with E-state index in [-0.39, 0.29) is 5.91 Å². The molecule has 2 aromatic rings. The number of carbonyl (C=O) groups is 1. The first kappa shape index (κ1) is 12.7. The summed E-state index contributed by atoms with van der Waals surface area (Å²) in [7, 11) is 0. The standard InChI is InChI=1S/C14H17N5O/c15-9-1-4-12-11(7-9)14(18-8-17-12)16-6-5-13(20)19-10-2-3-10/h1,4,7-8,10H,2-3,5-6,15H2,(H,19,20)(H,16,17,18). The molecule has 1 saturated carbocycles. The van der Waals surface area contributed by atoms with Crippen molar-refractivity contribution in [2.45, 2.75) is 25.3 Å². The first-order valence-electron chi connectivity index (χ1n) is 6.76. The molecule has 3 rings (SSSR count). The molecule has 0 radical (unpaired) electrons. The number of nitrogens with two attached hydrogens (primary N) is 1. The zero-order valence-corrected chi connectivity index (χ0v) is 11.1. The van der Waals surface area contributed by atoms with Crippen molar-refractivity contribution in [3.8, 4) is 0 Å². The summed E-state index contributed by atoms with van der Waals surface area (Å²) >= 11 is 0. The maximum atomic E-state index is 11.6. The third kappa shape index (κ3) is 2.96. The van der Waals surface area contributed by atoms with Gasteiger partial charge in [0, 0.05) is 30.1 Å². The molecule has 1 aliphatic carbocycles. The lowest BCUT2D eigenvalue weighted by Gasteiger charge is -2.08. The molecule has 0 unspecified atom stereocenters. The Labute approximate surface area is 116 Å². The fraction of sp³-hybridized carbons (Fsp3) is 0.357. The normalized spacial score (nSPS) is 14.2. The largest absolute Gasteiger partial charge is 0.399 e. The SMILES string of the molecule is Nc1ccc2ncnc(NCCC(=O)NC3CC3)c2c1. The first-order chi connectivity index (χ1) is 9.72. The number of amides is 1. The number of carbonyl (C=O) groups excluding carboxylic acids is 1. The average Bonchev–Trinajstić information content (AvgIpc) is 3.23. The van der Waals surface area contributed by atoms with Gasteiger partial charge in [-0.1, -0.05) is 0 Å². The number of anilines is 2. The van der Waals surface area contributed by atoms with Crippen LogP contribution < -0.4 is 16.4 Å². The lowest BCUT2D eigenvalue weighted by Crippen LogP contribution is -2.27. The highest BCUT2D eigenvalue weighted by Crippen LogP contribution is 2.21. The van der Waals surface area contributed by atoms with Crippen LogP contribution in [-0.4, -0.2) is 28.5 Å². The van der Waals surface area contributed by atoms with Crippen molar-refractivity contribution in [1.82, 2.24) is 15.3 Å². The number of benzene rings is 1. The van der Waals surface area contributed by atoms with E-state index in [1.807, 2.05) is 18.2 Å². The molecule has 0 spiro atoms. The monoisotopic (exact) mass is 271 g/mol. The van der Waals surface area contributed by atoms with Crippen LogP contribution in [0.5, 0.6) is 0 Å². The van der Waals surface area contributed by atoms with Gasteiger partial charge in [0.05, 0.1) is 5.52 Å². The molecule has 0 saturated heterocycles. The topological polar surface area (TPSA) is 92.9 Å². The van der Waals surface area contributed by atoms with Crippen LogP contribution in [0.4, 0.5) is 11.5 Å². The maximum Gasteiger partial charge on any atom is 0.221 e. The van der Waals surface area contributed by atoms with Crippen LogP contribution in [0, 0.1) is 0 Å². The molecule has 1 heterocycles. The summed E-state index contributed by atoms with van der Waals surface area (Å²) in [5.74, 6) is 0.791. The van der Waals surface area contributed by atoms with Crippen molar-refractivity contribution in [3.05, 3.63) is 24.5 Å². The van der Waals surface area contributed by atoms with Gasteiger partial charge in [-0.15, -0.1) is 0 Å². The lowest BCUT2D eigenvalue weighted by atomic mass is 10.2. The minimum absolute atomic E-state index is 0.0814. The van der Waals surface area contributed by atoms with Gasteiger partial charge in [-0.25, -0.2) is 9.97 Å². The number of nitrogen functional groups attached to an aromatic ring is 1. The van der Waals surface area contributed by atoms with Gasteiger partial charge in [0.25, 0.3) is 0 Å². The smallest absolute Gasteiger partial charge is 0.221 e. The van der Waals surface area contributed by atoms with Crippen LogP contribution in [0.3, 0.4) is 0 Å². The molecule has 6 nitrogen and oxygen atoms in total. The second-order valence-electron chi connectivity index (χ2n) is 5.02. The van der Waals surface area contributed by atoms with Crippen molar-refractivity contribution in [3.63, 3.8) is 0 Å². The van der Waals surface area contributed by atoms with E-state index in [4.69, 9.17) is 5.73 Å². The van der Waals surface area contributed by atoms with E-state index in [9.17, 15) is 4.79 Å². The van der Waals surface area contributed by atoms with Gasteiger partial charge in [0.1, 0.15) is 12.1 Å². The molecule has 1 aromatic heterocycles. The number of nitrogens with one attached hydrogen (secondary N) is 2. The third-order valence-electron chi connectivity index (χ3n) is 3.25. The zero-order chi connectivity index (χ0) is 13.9. The Kier molecular flexibility index (Phi) is 3.37. The number of nitrogens with zero attached hydrogens (tertiary/aromatic N) is 2. The summed E-state index contributed by atoms with van der Waals surface area (Å²) in [5.41, 5.74) is 7.28. The molecule has 6 heteroatoms. The first-order valence-corrected chi connectivity index (χ1v) is 6.76. The van der Waals surface area contributed by atoms with Gasteiger partial charge >= 0.3 is 0 Å². The van der Waals surface area contributed by atoms with Gasteiger partial charge in [-0.3, -0.25) is 4.79 Å². The Balaban J connectivity index is 1.64. The van der Waals surface area contributed by atoms with E-state index in [0.717, 1.165) is 23.7 Å². The van der Waals surface area contributed by atoms with Crippen LogP contribution in [0.2, 0.25) is 0 Å². The summed E-state index contributed by atoms with van der Waals surface area (Å²) in [6.07, 6.45) is 4.15. The van der Waals surface area contributed by atoms with Crippen LogP contribution >= 0.6 is 0 Å². The Morgan fingerprint density at radius 3 is 3.00 bits per heavy atom. The highest BCUT2D eigenvalue weighted by molar-refractivity contribution is 5.91. The molecule has 1 aliphatic rings. The van der Waals surface area contributed by atoms with Crippen LogP contribution in [0.1, 0.15) is 19.3 Å². The van der Waals surface area contributed by atoms with E-state index in [0.29, 0.717) is 30.5 Å². The molecule has 1 fully saturated rings. The Bertz CT molecular complexity index is 638. The van der Waals surface area contributed by atoms with E-state index in [1.165, 1.54) is 6.33 Å². The van der Waals surface area contributed by atoms with Crippen LogP contribution in [0.25, 0.3) is 10.9 Å². The summed E-state index contributed by atoms with van der Waals surface area (Å²) in [4.78, 5) is 20.0. The second kappa shape index (κ2) is 5.32. The summed E-state index contributed by atoms with van der Waals surface area (Å²) < 4.78 is 0. The molecule has 0 atom stereocenters. The Hall–Kier alpha value is -2.37. The third-order valence-corrected chi connectivity index (χ3v) is 3.25. The number of hydrogen-bond acceptors (Lipinski definition) is 5. The van der Waals surface area contributed by atoms with Gasteiger partial charge in [-0.05, 0) is 31.0 Å². The van der Waals surface area contributed by atoms with Crippen LogP contribution in [0.15, 0.2) is 24.5 Å². The van der Waals surface area contributed by atoms with Gasteiger partial charge in [0.15, 0.2) is 0 Å². The van der Waals surface area contributed by atoms with Gasteiger partial charge in [-0.2, -0.15) is 0 Å². The molecule has 0 aliphatic heterocycles. The van der Waals surface area contributed by atoms with E-state index in [1.54, 1.807) is 0 Å².